The van der Waals surface area contributed by atoms with Crippen LogP contribution in [0.2, 0.25) is 0 Å². The molecule has 0 aliphatic carbocycles. The summed E-state index contributed by atoms with van der Waals surface area (Å²) in [6.45, 7) is 6.49. The number of nitrogens with one attached hydrogen (secondary N) is 1. The number of piperidine rings is 2. The van der Waals surface area contributed by atoms with Crippen LogP contribution in [0.5, 0.6) is 11.5 Å². The number of hydrogen-bond donors (Lipinski definition) is 2. The number of nitrogens with two attached hydrogens (primary N) is 1. The second-order valence-electron chi connectivity index (χ2n) is 17.7. The first kappa shape index (κ1) is 49.3. The van der Waals surface area contributed by atoms with E-state index in [0.29, 0.717) is 125 Å². The fourth-order valence-electron chi connectivity index (χ4n) is 9.29. The van der Waals surface area contributed by atoms with E-state index in [1.54, 1.807) is 33.7 Å². The summed E-state index contributed by atoms with van der Waals surface area (Å²) < 4.78 is 24.9. The molecule has 2 aromatic heterocycles. The van der Waals surface area contributed by atoms with Crippen molar-refractivity contribution in [2.75, 3.05) is 96.9 Å². The molecule has 9 rings (SSSR count). The van der Waals surface area contributed by atoms with Crippen LogP contribution in [0.1, 0.15) is 47.6 Å². The topological polar surface area (TPSA) is 217 Å². The Morgan fingerprint density at radius 1 is 0.817 bits per heavy atom. The summed E-state index contributed by atoms with van der Waals surface area (Å²) >= 11 is 1.59. The van der Waals surface area contributed by atoms with Gasteiger partial charge in [0.2, 0.25) is 23.6 Å². The molecule has 5 amide bonds. The third-order valence-corrected chi connectivity index (χ3v) is 14.1. The van der Waals surface area contributed by atoms with Crippen LogP contribution in [-0.2, 0) is 39.9 Å². The normalized spacial score (nSPS) is 18.6. The van der Waals surface area contributed by atoms with E-state index >= 15 is 0 Å². The number of carbonyl (C=O) groups excluding carboxylic acids is 5. The van der Waals surface area contributed by atoms with E-state index in [0.717, 1.165) is 34.6 Å². The minimum Gasteiger partial charge on any atom is -0.457 e. The number of amides is 5. The maximum atomic E-state index is 13.5. The molecule has 0 spiro atoms. The lowest BCUT2D eigenvalue weighted by Gasteiger charge is -2.34. The lowest BCUT2D eigenvalue weighted by molar-refractivity contribution is -0.138. The van der Waals surface area contributed by atoms with Gasteiger partial charge in [0, 0.05) is 86.6 Å². The molecular formula is C51H58N10O9S. The van der Waals surface area contributed by atoms with E-state index < -0.39 is 11.9 Å². The average molecular weight is 987 g/mol. The number of carbonyl (C=O) groups is 5. The Morgan fingerprint density at radius 2 is 1.58 bits per heavy atom. The Morgan fingerprint density at radius 3 is 2.37 bits per heavy atom. The lowest BCUT2D eigenvalue weighted by Crippen LogP contribution is -2.52. The van der Waals surface area contributed by atoms with Gasteiger partial charge in [-0.1, -0.05) is 30.3 Å². The highest BCUT2D eigenvalue weighted by Crippen LogP contribution is 2.36. The summed E-state index contributed by atoms with van der Waals surface area (Å²) in [5.41, 5.74) is 10.1. The molecule has 4 aliphatic heterocycles. The molecule has 1 unspecified atom stereocenters. The number of fused-ring (bicyclic) bond motifs is 2. The molecule has 71 heavy (non-hydrogen) atoms. The predicted octanol–water partition coefficient (Wildman–Crippen LogP) is 4.33. The van der Waals surface area contributed by atoms with Crippen molar-refractivity contribution < 1.29 is 42.9 Å². The third kappa shape index (κ3) is 12.1. The number of hydrogen-bond acceptors (Lipinski definition) is 15. The van der Waals surface area contributed by atoms with Gasteiger partial charge in [-0.15, -0.1) is 11.8 Å². The van der Waals surface area contributed by atoms with Gasteiger partial charge < -0.3 is 39.4 Å². The SMILES string of the molecule is Nc1ncnc2c1c(-c1ccc(Oc3ccccc3)cc1)nn2[C@@H]1CCCN(C(=O)/C=C/CN2CCN(C(=O)COCCOCCOCCSc3cccc4c3CN(C3CCC(=O)NC3=O)C4=O)CC2)C1. The monoisotopic (exact) mass is 986 g/mol. The van der Waals surface area contributed by atoms with Crippen molar-refractivity contribution in [3.8, 4) is 22.8 Å². The van der Waals surface area contributed by atoms with Crippen LogP contribution < -0.4 is 15.8 Å². The zero-order valence-electron chi connectivity index (χ0n) is 39.5. The number of nitrogens with zero attached hydrogens (tertiary/aromatic N) is 8. The van der Waals surface area contributed by atoms with Crippen LogP contribution in [0, 0.1) is 0 Å². The number of imide groups is 1. The predicted molar refractivity (Wildman–Crippen MR) is 264 cm³/mol. The number of aromatic nitrogens is 4. The van der Waals surface area contributed by atoms with Gasteiger partial charge in [0.1, 0.15) is 42.0 Å². The number of thioether (sulfide) groups is 1. The Kier molecular flexibility index (Phi) is 16.3. The fraction of sp³-hybridized carbons (Fsp3) is 0.412. The summed E-state index contributed by atoms with van der Waals surface area (Å²) in [4.78, 5) is 80.7. The van der Waals surface area contributed by atoms with Gasteiger partial charge in [0.15, 0.2) is 5.65 Å². The van der Waals surface area contributed by atoms with E-state index in [1.165, 1.54) is 6.33 Å². The van der Waals surface area contributed by atoms with Crippen molar-refractivity contribution in [2.24, 2.45) is 0 Å². The van der Waals surface area contributed by atoms with Gasteiger partial charge in [-0.25, -0.2) is 14.6 Å². The number of likely N-dealkylation sites (tertiary alicyclic amines) is 1. The van der Waals surface area contributed by atoms with Gasteiger partial charge in [-0.3, -0.25) is 34.2 Å². The molecule has 3 N–H and O–H groups in total. The zero-order valence-corrected chi connectivity index (χ0v) is 40.3. The highest BCUT2D eigenvalue weighted by atomic mass is 32.2. The molecule has 20 heteroatoms. The molecule has 6 heterocycles. The van der Waals surface area contributed by atoms with Crippen LogP contribution in [0.25, 0.3) is 22.3 Å². The van der Waals surface area contributed by atoms with Gasteiger partial charge in [-0.05, 0) is 73.4 Å². The van der Waals surface area contributed by atoms with E-state index in [9.17, 15) is 24.0 Å². The number of anilines is 1. The molecule has 4 aliphatic rings. The van der Waals surface area contributed by atoms with Crippen molar-refractivity contribution in [3.05, 3.63) is 102 Å². The number of nitrogen functional groups attached to an aromatic ring is 1. The summed E-state index contributed by atoms with van der Waals surface area (Å²) in [6, 6.07) is 22.1. The Bertz CT molecular complexity index is 2730. The summed E-state index contributed by atoms with van der Waals surface area (Å²) in [5.74, 6) is 1.42. The first-order valence-corrected chi connectivity index (χ1v) is 25.1. The maximum absolute atomic E-state index is 13.5. The van der Waals surface area contributed by atoms with Crippen molar-refractivity contribution in [3.63, 3.8) is 0 Å². The van der Waals surface area contributed by atoms with Crippen LogP contribution in [0.3, 0.4) is 0 Å². The van der Waals surface area contributed by atoms with Crippen molar-refractivity contribution in [1.82, 2.24) is 44.7 Å². The largest absolute Gasteiger partial charge is 0.457 e. The molecular weight excluding hydrogens is 929 g/mol. The maximum Gasteiger partial charge on any atom is 0.255 e. The van der Waals surface area contributed by atoms with E-state index in [1.807, 2.05) is 82.4 Å². The minimum absolute atomic E-state index is 0.0178. The third-order valence-electron chi connectivity index (χ3n) is 13.0. The summed E-state index contributed by atoms with van der Waals surface area (Å²) in [7, 11) is 0. The molecule has 0 saturated carbocycles. The molecule has 0 bridgehead atoms. The molecule has 0 radical (unpaired) electrons. The number of piperazine rings is 1. The van der Waals surface area contributed by atoms with Crippen LogP contribution in [0.4, 0.5) is 5.82 Å². The molecule has 372 valence electrons. The second-order valence-corrected chi connectivity index (χ2v) is 18.8. The zero-order chi connectivity index (χ0) is 49.1. The molecule has 3 fully saturated rings. The summed E-state index contributed by atoms with van der Waals surface area (Å²) in [6.07, 6.45) is 7.19. The standard InChI is InChI=1S/C51H58N10O9S/c52-48-46-47(35-13-15-38(16-14-35)70-37-8-2-1-3-9-37)56-61(49(46)54-34-53-48)36-7-5-20-59(31-36)44(63)12-6-19-57-21-23-58(24-22-57)45(64)33-69-28-27-67-25-26-68-29-30-71-42-11-4-10-39-40(42)32-60(51(39)66)41-17-18-43(62)55-50(41)65/h1-4,6,8-16,34,36,41H,5,7,17-33H2,(H2,52,53,54)(H,55,62,65)/b12-6+/t36-,41?/m1/s1. The first-order chi connectivity index (χ1) is 34.7. The average Bonchev–Trinajstić information content (AvgIpc) is 3.95. The quantitative estimate of drug-likeness (QED) is 0.0480. The smallest absolute Gasteiger partial charge is 0.255 e. The Labute approximate surface area is 415 Å². The lowest BCUT2D eigenvalue weighted by atomic mass is 10.0. The van der Waals surface area contributed by atoms with Crippen LogP contribution in [0.15, 0.2) is 96.2 Å². The minimum atomic E-state index is -0.644. The van der Waals surface area contributed by atoms with Gasteiger partial charge in [0.05, 0.1) is 44.5 Å². The summed E-state index contributed by atoms with van der Waals surface area (Å²) in [5, 5.41) is 8.04. The van der Waals surface area contributed by atoms with Crippen molar-refractivity contribution in [1.29, 1.82) is 0 Å². The number of rotatable bonds is 20. The molecule has 3 saturated heterocycles. The van der Waals surface area contributed by atoms with Crippen LogP contribution in [-0.4, -0.2) is 166 Å². The van der Waals surface area contributed by atoms with E-state index in [2.05, 4.69) is 20.2 Å². The highest BCUT2D eigenvalue weighted by Gasteiger charge is 2.40. The van der Waals surface area contributed by atoms with E-state index in [4.69, 9.17) is 29.8 Å². The second kappa shape index (κ2) is 23.5. The Hall–Kier alpha value is -6.71. The number of para-hydroxylation sites is 1. The Balaban J connectivity index is 0.635. The first-order valence-electron chi connectivity index (χ1n) is 24.1. The highest BCUT2D eigenvalue weighted by molar-refractivity contribution is 7.99. The van der Waals surface area contributed by atoms with Gasteiger partial charge in [-0.2, -0.15) is 5.10 Å². The fourth-order valence-corrected chi connectivity index (χ4v) is 10.2. The number of benzene rings is 3. The van der Waals surface area contributed by atoms with Crippen molar-refractivity contribution in [2.45, 2.75) is 49.2 Å². The van der Waals surface area contributed by atoms with Crippen LogP contribution >= 0.6 is 11.8 Å². The molecule has 5 aromatic rings. The molecule has 2 atom stereocenters. The van der Waals surface area contributed by atoms with Gasteiger partial charge >= 0.3 is 0 Å². The molecule has 3 aromatic carbocycles. The van der Waals surface area contributed by atoms with Gasteiger partial charge in [0.25, 0.3) is 5.91 Å². The molecule has 19 nitrogen and oxygen atoms in total. The van der Waals surface area contributed by atoms with E-state index in [-0.39, 0.29) is 49.3 Å². The van der Waals surface area contributed by atoms with Crippen molar-refractivity contribution >= 4 is 58.1 Å². The number of ether oxygens (including phenoxy) is 4.